The Labute approximate surface area is 608 Å². The van der Waals surface area contributed by atoms with Crippen LogP contribution >= 0.6 is 0 Å². The molecule has 3 aliphatic heterocycles. The second kappa shape index (κ2) is 41.4. The van der Waals surface area contributed by atoms with Crippen LogP contribution in [0, 0.1) is 5.82 Å². The van der Waals surface area contributed by atoms with Crippen molar-refractivity contribution in [1.29, 1.82) is 0 Å². The summed E-state index contributed by atoms with van der Waals surface area (Å²) >= 11 is 0. The van der Waals surface area contributed by atoms with Crippen molar-refractivity contribution in [2.24, 2.45) is 5.73 Å². The lowest BCUT2D eigenvalue weighted by atomic mass is 9.89. The molecule has 3 aromatic heterocycles. The predicted octanol–water partition coefficient (Wildman–Crippen LogP) is 4.16. The minimum absolute atomic E-state index is 0.0450. The van der Waals surface area contributed by atoms with Gasteiger partial charge < -0.3 is 89.2 Å². The summed E-state index contributed by atoms with van der Waals surface area (Å²) in [6.45, 7) is 13.2. The molecular weight excluding hydrogens is 1370 g/mol. The number of fused-ring (bicyclic) bond motifs is 2. The predicted molar refractivity (Wildman–Crippen MR) is 383 cm³/mol. The van der Waals surface area contributed by atoms with Gasteiger partial charge in [0.1, 0.15) is 24.7 Å². The molecule has 7 amide bonds. The van der Waals surface area contributed by atoms with Crippen molar-refractivity contribution in [3.8, 4) is 11.1 Å². The van der Waals surface area contributed by atoms with Crippen molar-refractivity contribution in [1.82, 2.24) is 60.2 Å². The Kier molecular flexibility index (Phi) is 31.4. The molecule has 1 atom stereocenters. The number of methoxy groups -OCH3 is 1. The number of piperidine rings is 2. The van der Waals surface area contributed by atoms with Gasteiger partial charge in [-0.2, -0.15) is 10.2 Å². The van der Waals surface area contributed by atoms with Crippen molar-refractivity contribution < 1.29 is 85.4 Å². The van der Waals surface area contributed by atoms with Gasteiger partial charge >= 0.3 is 12.0 Å². The molecule has 6 heterocycles. The van der Waals surface area contributed by atoms with Gasteiger partial charge in [0.05, 0.1) is 161 Å². The van der Waals surface area contributed by atoms with E-state index in [2.05, 4.69) is 53.1 Å². The van der Waals surface area contributed by atoms with Gasteiger partial charge in [-0.25, -0.2) is 23.8 Å². The third-order valence-electron chi connectivity index (χ3n) is 18.0. The fourth-order valence-electron chi connectivity index (χ4n) is 12.4. The number of esters is 1. The highest BCUT2D eigenvalue weighted by Crippen LogP contribution is 2.38. The van der Waals surface area contributed by atoms with E-state index in [1.807, 2.05) is 42.8 Å². The Morgan fingerprint density at radius 3 is 1.89 bits per heavy atom. The van der Waals surface area contributed by atoms with Gasteiger partial charge in [-0.15, -0.1) is 0 Å². The number of aromatic nitrogens is 6. The van der Waals surface area contributed by atoms with Crippen LogP contribution < -0.4 is 31.9 Å². The third kappa shape index (κ3) is 23.8. The Bertz CT molecular complexity index is 3870. The van der Waals surface area contributed by atoms with Crippen LogP contribution in [-0.2, 0) is 73.1 Å². The number of hydrogen-bond donors (Lipinski definition) is 5. The number of rotatable bonds is 44. The Balaban J connectivity index is 0.526. The molecule has 105 heavy (non-hydrogen) atoms. The van der Waals surface area contributed by atoms with Crippen LogP contribution in [0.3, 0.4) is 0 Å². The van der Waals surface area contributed by atoms with E-state index in [-0.39, 0.29) is 92.5 Å². The summed E-state index contributed by atoms with van der Waals surface area (Å²) in [5.74, 6) is -2.70. The fourth-order valence-corrected chi connectivity index (χ4v) is 12.4. The zero-order valence-electron chi connectivity index (χ0n) is 60.3. The number of likely N-dealkylation sites (N-methyl/N-ethyl adjacent to an activating group) is 1. The molecule has 33 heteroatoms. The number of nitrogens with two attached hydrogens (primary N) is 1. The molecule has 6 aromatic rings. The topological polar surface area (TPSA) is 368 Å². The standard InChI is InChI=1S/C72H98FN15O17/c1-49(2)68-67-55(8-5-9-58(67)87(82-68)48-63(91)76-45-62(90)77-46-66(94)97-4)56-42-59-52(41-57(56)73)43-79-88(59)65(93)15-14-61(89)75-19-26-99-28-30-101-32-34-103-36-38-105-40-39-104-37-35-102-33-31-100-29-27-98-25-18-64(92)84-21-16-51(17-22-84)50-10-12-53(13-11-50)80-71-69(70(74)95)78-44-60(81-71)85-20-6-7-54(47-85)86-24-23-83(3)72(86)96/h5,8-13,41-44,49,51,54H,6-7,14-40,45-48H2,1-4H3,(H2,74,95)(H,75,89)(H,76,91)(H,77,90)(H,80,81)/t54-/m1/s1. The number of nitrogens with one attached hydrogen (secondary N) is 4. The Hall–Kier alpha value is -9.35. The lowest BCUT2D eigenvalue weighted by molar-refractivity contribution is -0.141. The first kappa shape index (κ1) is 79.8. The van der Waals surface area contributed by atoms with Gasteiger partial charge in [0.15, 0.2) is 11.5 Å². The number of likely N-dealkylation sites (tertiary alicyclic amines) is 1. The number of nitrogens with zero attached hydrogens (tertiary/aromatic N) is 10. The highest BCUT2D eigenvalue weighted by molar-refractivity contribution is 6.01. The number of benzene rings is 3. The van der Waals surface area contributed by atoms with E-state index in [1.54, 1.807) is 29.3 Å². The smallest absolute Gasteiger partial charge is 0.325 e. The Morgan fingerprint density at radius 1 is 0.648 bits per heavy atom. The quantitative estimate of drug-likeness (QED) is 0.0265. The van der Waals surface area contributed by atoms with Gasteiger partial charge in [-0.3, -0.25) is 38.2 Å². The van der Waals surface area contributed by atoms with E-state index >= 15 is 4.39 Å². The fraction of sp³-hybridized carbons (Fsp3) is 0.556. The second-order valence-electron chi connectivity index (χ2n) is 25.7. The second-order valence-corrected chi connectivity index (χ2v) is 25.7. The van der Waals surface area contributed by atoms with E-state index in [0.29, 0.717) is 183 Å². The lowest BCUT2D eigenvalue weighted by Gasteiger charge is -2.37. The largest absolute Gasteiger partial charge is 0.468 e. The zero-order valence-corrected chi connectivity index (χ0v) is 60.3. The number of urea groups is 1. The monoisotopic (exact) mass is 1460 g/mol. The van der Waals surface area contributed by atoms with Crippen LogP contribution in [0.4, 0.5) is 26.5 Å². The molecule has 32 nitrogen and oxygen atoms in total. The first-order chi connectivity index (χ1) is 51.0. The van der Waals surface area contributed by atoms with E-state index in [0.717, 1.165) is 42.6 Å². The van der Waals surface area contributed by atoms with Crippen LogP contribution in [0.1, 0.15) is 97.2 Å². The van der Waals surface area contributed by atoms with Crippen LogP contribution in [0.5, 0.6) is 0 Å². The number of ether oxygens (including phenoxy) is 9. The molecule has 3 fully saturated rings. The first-order valence-electron chi connectivity index (χ1n) is 35.7. The van der Waals surface area contributed by atoms with Crippen molar-refractivity contribution >= 4 is 86.6 Å². The molecule has 3 aromatic carbocycles. The van der Waals surface area contributed by atoms with Crippen LogP contribution in [-0.4, -0.2) is 276 Å². The summed E-state index contributed by atoms with van der Waals surface area (Å²) in [6, 6.07) is 16.2. The number of primary amides is 1. The summed E-state index contributed by atoms with van der Waals surface area (Å²) in [6.07, 6.45) is 6.48. The van der Waals surface area contributed by atoms with Gasteiger partial charge in [-0.1, -0.05) is 38.1 Å². The summed E-state index contributed by atoms with van der Waals surface area (Å²) in [5, 5.41) is 20.8. The third-order valence-corrected chi connectivity index (χ3v) is 18.0. The van der Waals surface area contributed by atoms with Gasteiger partial charge in [-0.05, 0) is 79.0 Å². The number of anilines is 3. The molecular formula is C72H98FN15O17. The van der Waals surface area contributed by atoms with Crippen molar-refractivity contribution in [2.45, 2.75) is 83.2 Å². The van der Waals surface area contributed by atoms with Crippen LogP contribution in [0.15, 0.2) is 67.0 Å². The molecule has 0 aliphatic carbocycles. The van der Waals surface area contributed by atoms with Gasteiger partial charge in [0, 0.05) is 87.7 Å². The summed E-state index contributed by atoms with van der Waals surface area (Å²) < 4.78 is 67.8. The van der Waals surface area contributed by atoms with E-state index < -0.39 is 35.4 Å². The van der Waals surface area contributed by atoms with Gasteiger partial charge in [0.25, 0.3) is 5.91 Å². The normalized spacial score (nSPS) is 15.0. The maximum Gasteiger partial charge on any atom is 0.325 e. The van der Waals surface area contributed by atoms with E-state index in [9.17, 15) is 38.4 Å². The molecule has 0 saturated carbocycles. The van der Waals surface area contributed by atoms with Crippen LogP contribution in [0.25, 0.3) is 32.9 Å². The maximum absolute atomic E-state index is 16.0. The molecule has 0 unspecified atom stereocenters. The highest BCUT2D eigenvalue weighted by Gasteiger charge is 2.35. The number of hydrogen-bond acceptors (Lipinski definition) is 23. The van der Waals surface area contributed by atoms with Gasteiger partial charge in [0.2, 0.25) is 29.5 Å². The molecule has 0 bridgehead atoms. The summed E-state index contributed by atoms with van der Waals surface area (Å²) in [4.78, 5) is 118. The van der Waals surface area contributed by atoms with E-state index in [1.165, 1.54) is 35.7 Å². The van der Waals surface area contributed by atoms with Crippen molar-refractivity contribution in [3.05, 3.63) is 89.8 Å². The summed E-state index contributed by atoms with van der Waals surface area (Å²) in [5.41, 5.74) is 9.80. The average molecular weight is 1460 g/mol. The molecule has 3 aliphatic rings. The number of carbonyl (C=O) groups excluding carboxylic acids is 8. The Morgan fingerprint density at radius 2 is 1.28 bits per heavy atom. The summed E-state index contributed by atoms with van der Waals surface area (Å²) in [7, 11) is 3.01. The van der Waals surface area contributed by atoms with Crippen LogP contribution in [0.2, 0.25) is 0 Å². The first-order valence-corrected chi connectivity index (χ1v) is 35.7. The van der Waals surface area contributed by atoms with Crippen molar-refractivity contribution in [3.63, 3.8) is 0 Å². The molecule has 9 rings (SSSR count). The lowest BCUT2D eigenvalue weighted by Crippen LogP contribution is -2.49. The number of halogens is 1. The van der Waals surface area contributed by atoms with E-state index in [4.69, 9.17) is 53.7 Å². The molecule has 3 saturated heterocycles. The SMILES string of the molecule is COC(=O)CNC(=O)CNC(=O)Cn1nc(C(C)C)c2c(-c3cc4c(cnn4C(=O)CCC(=O)NCCOCCOCCOCCOCCOCCOCCOCCOCCC(=O)N4CCC(c5ccc(Nc6nc(N7CCC[C@@H](N8CCN(C)C8=O)C7)cnc6C(N)=O)cc5)CC4)cc3F)cccc21. The molecule has 0 spiro atoms. The molecule has 6 N–H and O–H groups in total. The van der Waals surface area contributed by atoms with Crippen molar-refractivity contribution in [2.75, 3.05) is 189 Å². The minimum atomic E-state index is -0.686. The molecule has 570 valence electrons. The number of amides is 7. The number of carbonyl (C=O) groups is 8. The average Bonchev–Trinajstić information content (AvgIpc) is 1.62. The minimum Gasteiger partial charge on any atom is -0.468 e. The highest BCUT2D eigenvalue weighted by atomic mass is 19.1. The molecule has 0 radical (unpaired) electrons. The zero-order chi connectivity index (χ0) is 74.5. The maximum atomic E-state index is 16.0.